The number of nitrogens with zero attached hydrogens (tertiary/aromatic N) is 2. The molecule has 2 N–H and O–H groups in total. The van der Waals surface area contributed by atoms with Crippen LogP contribution in [0, 0.1) is 0 Å². The third-order valence-corrected chi connectivity index (χ3v) is 5.42. The lowest BCUT2D eigenvalue weighted by Gasteiger charge is -2.29. The quantitative estimate of drug-likeness (QED) is 0.730. The molecule has 1 aromatic heterocycles. The van der Waals surface area contributed by atoms with Crippen LogP contribution in [0.4, 0.5) is 0 Å². The third kappa shape index (κ3) is 4.65. The Kier molecular flexibility index (Phi) is 5.92. The summed E-state index contributed by atoms with van der Waals surface area (Å²) >= 11 is 0. The number of benzene rings is 1. The van der Waals surface area contributed by atoms with Gasteiger partial charge in [-0.1, -0.05) is 24.3 Å². The number of carboxylic acid groups (broad SMARTS) is 1. The molecule has 2 aromatic rings. The van der Waals surface area contributed by atoms with Gasteiger partial charge in [-0.15, -0.1) is 0 Å². The van der Waals surface area contributed by atoms with Crippen molar-refractivity contribution < 1.29 is 19.5 Å². The van der Waals surface area contributed by atoms with Crippen molar-refractivity contribution in [3.8, 4) is 0 Å². The summed E-state index contributed by atoms with van der Waals surface area (Å²) in [4.78, 5) is 41.4. The second-order valence-electron chi connectivity index (χ2n) is 7.46. The molecular formula is C21H25N3O4. The number of rotatable bonds is 8. The molecule has 7 heteroatoms. The zero-order valence-electron chi connectivity index (χ0n) is 16.0. The fourth-order valence-electron chi connectivity index (χ4n) is 3.80. The van der Waals surface area contributed by atoms with Gasteiger partial charge in [0.15, 0.2) is 0 Å². The average molecular weight is 383 g/mol. The number of aliphatic carboxylic acids is 1. The molecule has 1 fully saturated rings. The van der Waals surface area contributed by atoms with Crippen LogP contribution in [-0.4, -0.2) is 45.4 Å². The Hall–Kier alpha value is -2.96. The molecule has 28 heavy (non-hydrogen) atoms. The number of pyridine rings is 1. The van der Waals surface area contributed by atoms with Crippen molar-refractivity contribution >= 4 is 28.7 Å². The minimum Gasteiger partial charge on any atom is -0.481 e. The largest absolute Gasteiger partial charge is 0.481 e. The standard InChI is InChI=1S/C21H25N3O4/c1-24(14-16-5-2-4-15-6-3-13-22-20(15)16)18(26)8-11-21(12-9-19(27)28)10-7-17(25)23-21/h2-6,13H,7-12,14H2,1H3,(H,23,25)(H,27,28)/t21-/m0/s1. The fourth-order valence-corrected chi connectivity index (χ4v) is 3.80. The van der Waals surface area contributed by atoms with E-state index in [0.29, 0.717) is 32.2 Å². The summed E-state index contributed by atoms with van der Waals surface area (Å²) < 4.78 is 0. The first-order chi connectivity index (χ1) is 13.4. The predicted molar refractivity (Wildman–Crippen MR) is 104 cm³/mol. The molecule has 0 spiro atoms. The number of hydrogen-bond acceptors (Lipinski definition) is 4. The van der Waals surface area contributed by atoms with Crippen molar-refractivity contribution in [3.05, 3.63) is 42.1 Å². The van der Waals surface area contributed by atoms with Gasteiger partial charge in [-0.05, 0) is 30.9 Å². The predicted octanol–water partition coefficient (Wildman–Crippen LogP) is 2.49. The van der Waals surface area contributed by atoms with Gasteiger partial charge in [0.25, 0.3) is 0 Å². The van der Waals surface area contributed by atoms with E-state index in [2.05, 4.69) is 10.3 Å². The van der Waals surface area contributed by atoms with Gasteiger partial charge in [-0.2, -0.15) is 0 Å². The van der Waals surface area contributed by atoms with E-state index in [9.17, 15) is 14.4 Å². The summed E-state index contributed by atoms with van der Waals surface area (Å²) in [5.41, 5.74) is 1.27. The Labute approximate surface area is 163 Å². The van der Waals surface area contributed by atoms with E-state index in [-0.39, 0.29) is 24.7 Å². The zero-order valence-corrected chi connectivity index (χ0v) is 16.0. The molecule has 1 saturated heterocycles. The highest BCUT2D eigenvalue weighted by Gasteiger charge is 2.38. The molecule has 0 bridgehead atoms. The minimum atomic E-state index is -0.896. The maximum atomic E-state index is 12.7. The van der Waals surface area contributed by atoms with Crippen LogP contribution in [0.2, 0.25) is 0 Å². The first-order valence-corrected chi connectivity index (χ1v) is 9.48. The number of carbonyl (C=O) groups excluding carboxylic acids is 2. The number of aromatic nitrogens is 1. The van der Waals surface area contributed by atoms with Gasteiger partial charge in [0.2, 0.25) is 11.8 Å². The Bertz CT molecular complexity index is 893. The summed E-state index contributed by atoms with van der Waals surface area (Å²) in [6.45, 7) is 0.446. The monoisotopic (exact) mass is 383 g/mol. The second-order valence-corrected chi connectivity index (χ2v) is 7.46. The number of carboxylic acids is 1. The van der Waals surface area contributed by atoms with Crippen LogP contribution in [0.15, 0.2) is 36.5 Å². The van der Waals surface area contributed by atoms with Crippen LogP contribution in [-0.2, 0) is 20.9 Å². The Morgan fingerprint density at radius 2 is 1.96 bits per heavy atom. The number of para-hydroxylation sites is 1. The molecule has 7 nitrogen and oxygen atoms in total. The van der Waals surface area contributed by atoms with E-state index >= 15 is 0 Å². The SMILES string of the molecule is CN(Cc1cccc2cccnc12)C(=O)CC[C@]1(CCC(=O)O)CCC(=O)N1. The van der Waals surface area contributed by atoms with Gasteiger partial charge < -0.3 is 15.3 Å². The molecule has 1 aromatic carbocycles. The second kappa shape index (κ2) is 8.37. The number of nitrogens with one attached hydrogen (secondary N) is 1. The lowest BCUT2D eigenvalue weighted by atomic mass is 9.86. The maximum absolute atomic E-state index is 12.7. The van der Waals surface area contributed by atoms with E-state index in [0.717, 1.165) is 16.5 Å². The van der Waals surface area contributed by atoms with E-state index in [1.165, 1.54) is 0 Å². The number of fused-ring (bicyclic) bond motifs is 1. The maximum Gasteiger partial charge on any atom is 0.303 e. The number of hydrogen-bond donors (Lipinski definition) is 2. The molecule has 3 rings (SSSR count). The van der Waals surface area contributed by atoms with Crippen LogP contribution in [0.25, 0.3) is 10.9 Å². The molecule has 2 heterocycles. The molecule has 1 atom stereocenters. The summed E-state index contributed by atoms with van der Waals surface area (Å²) in [6.07, 6.45) is 3.72. The number of carbonyl (C=O) groups is 3. The lowest BCUT2D eigenvalue weighted by Crippen LogP contribution is -2.43. The molecule has 0 saturated carbocycles. The normalized spacial score (nSPS) is 18.8. The van der Waals surface area contributed by atoms with Gasteiger partial charge in [0, 0.05) is 50.0 Å². The molecule has 2 amide bonds. The first kappa shape index (κ1) is 19.8. The van der Waals surface area contributed by atoms with E-state index < -0.39 is 11.5 Å². The van der Waals surface area contributed by atoms with Crippen LogP contribution < -0.4 is 5.32 Å². The molecule has 0 aliphatic carbocycles. The topological polar surface area (TPSA) is 99.6 Å². The van der Waals surface area contributed by atoms with E-state index in [1.807, 2.05) is 30.3 Å². The van der Waals surface area contributed by atoms with Gasteiger partial charge >= 0.3 is 5.97 Å². The van der Waals surface area contributed by atoms with Gasteiger partial charge in [-0.25, -0.2) is 0 Å². The first-order valence-electron chi connectivity index (χ1n) is 9.48. The molecule has 1 aliphatic heterocycles. The lowest BCUT2D eigenvalue weighted by molar-refractivity contribution is -0.137. The molecule has 148 valence electrons. The van der Waals surface area contributed by atoms with Crippen molar-refractivity contribution in [1.29, 1.82) is 0 Å². The highest BCUT2D eigenvalue weighted by molar-refractivity contribution is 5.83. The summed E-state index contributed by atoms with van der Waals surface area (Å²) in [7, 11) is 1.75. The van der Waals surface area contributed by atoms with Crippen molar-refractivity contribution in [2.45, 2.75) is 50.6 Å². The molecular weight excluding hydrogens is 358 g/mol. The van der Waals surface area contributed by atoms with Crippen LogP contribution in [0.1, 0.15) is 44.1 Å². The number of amides is 2. The average Bonchev–Trinajstić information content (AvgIpc) is 3.06. The van der Waals surface area contributed by atoms with Gasteiger partial charge in [-0.3, -0.25) is 19.4 Å². The summed E-state index contributed by atoms with van der Waals surface area (Å²) in [6, 6.07) is 9.77. The van der Waals surface area contributed by atoms with Crippen LogP contribution in [0.3, 0.4) is 0 Å². The highest BCUT2D eigenvalue weighted by Crippen LogP contribution is 2.30. The van der Waals surface area contributed by atoms with E-state index in [1.54, 1.807) is 18.1 Å². The van der Waals surface area contributed by atoms with Crippen molar-refractivity contribution in [2.75, 3.05) is 7.05 Å². The third-order valence-electron chi connectivity index (χ3n) is 5.42. The Balaban J connectivity index is 1.63. The van der Waals surface area contributed by atoms with Crippen molar-refractivity contribution in [1.82, 2.24) is 15.2 Å². The van der Waals surface area contributed by atoms with Gasteiger partial charge in [0.1, 0.15) is 0 Å². The van der Waals surface area contributed by atoms with Crippen LogP contribution >= 0.6 is 0 Å². The van der Waals surface area contributed by atoms with Gasteiger partial charge in [0.05, 0.1) is 5.52 Å². The highest BCUT2D eigenvalue weighted by atomic mass is 16.4. The van der Waals surface area contributed by atoms with Crippen LogP contribution in [0.5, 0.6) is 0 Å². The van der Waals surface area contributed by atoms with Crippen molar-refractivity contribution in [2.24, 2.45) is 0 Å². The molecule has 0 radical (unpaired) electrons. The molecule has 1 aliphatic rings. The Morgan fingerprint density at radius 3 is 2.68 bits per heavy atom. The van der Waals surface area contributed by atoms with E-state index in [4.69, 9.17) is 5.11 Å². The Morgan fingerprint density at radius 1 is 1.21 bits per heavy atom. The smallest absolute Gasteiger partial charge is 0.303 e. The van der Waals surface area contributed by atoms with Crippen molar-refractivity contribution in [3.63, 3.8) is 0 Å². The fraction of sp³-hybridized carbons (Fsp3) is 0.429. The molecule has 0 unspecified atom stereocenters. The summed E-state index contributed by atoms with van der Waals surface area (Å²) in [5.74, 6) is -1.01. The minimum absolute atomic E-state index is 0.0218. The zero-order chi connectivity index (χ0) is 20.1. The summed E-state index contributed by atoms with van der Waals surface area (Å²) in [5, 5.41) is 12.9.